The predicted octanol–water partition coefficient (Wildman–Crippen LogP) is 2.17. The Morgan fingerprint density at radius 2 is 2.00 bits per heavy atom. The maximum atomic E-state index is 3.53. The van der Waals surface area contributed by atoms with E-state index in [1.54, 1.807) is 0 Å². The minimum atomic E-state index is 0.818. The van der Waals surface area contributed by atoms with Crippen LogP contribution in [0, 0.1) is 5.92 Å². The summed E-state index contributed by atoms with van der Waals surface area (Å²) in [4.78, 5) is 0. The minimum absolute atomic E-state index is 0.818. The van der Waals surface area contributed by atoms with Crippen LogP contribution in [0.1, 0.15) is 39.5 Å². The molecule has 60 valence electrons. The lowest BCUT2D eigenvalue weighted by Gasteiger charge is -2.29. The summed E-state index contributed by atoms with van der Waals surface area (Å²) in [7, 11) is 0. The zero-order chi connectivity index (χ0) is 7.40. The van der Waals surface area contributed by atoms with E-state index in [-0.39, 0.29) is 0 Å². The summed E-state index contributed by atoms with van der Waals surface area (Å²) in [5, 5.41) is 3.53. The van der Waals surface area contributed by atoms with Crippen LogP contribution in [0.15, 0.2) is 0 Å². The molecule has 1 heteroatoms. The van der Waals surface area contributed by atoms with E-state index in [2.05, 4.69) is 19.2 Å². The molecule has 1 unspecified atom stereocenters. The van der Waals surface area contributed by atoms with Gasteiger partial charge in [0.2, 0.25) is 0 Å². The van der Waals surface area contributed by atoms with Crippen molar-refractivity contribution in [3.8, 4) is 0 Å². The average Bonchev–Trinajstić information content (AvgIpc) is 1.94. The molecule has 0 aromatic rings. The van der Waals surface area contributed by atoms with Crippen LogP contribution in [-0.2, 0) is 0 Å². The molecule has 0 aromatic carbocycles. The Kier molecular flexibility index (Phi) is 3.20. The Balaban J connectivity index is 2.25. The lowest BCUT2D eigenvalue weighted by Crippen LogP contribution is -2.36. The van der Waals surface area contributed by atoms with Gasteiger partial charge in [-0.3, -0.25) is 0 Å². The molecule has 0 aliphatic heterocycles. The third kappa shape index (κ3) is 1.98. The highest BCUT2D eigenvalue weighted by Crippen LogP contribution is 2.23. The summed E-state index contributed by atoms with van der Waals surface area (Å²) >= 11 is 0. The van der Waals surface area contributed by atoms with Crippen molar-refractivity contribution in [1.29, 1.82) is 0 Å². The quantitative estimate of drug-likeness (QED) is 0.621. The van der Waals surface area contributed by atoms with Crippen molar-refractivity contribution in [2.75, 3.05) is 6.54 Å². The molecule has 0 spiro atoms. The molecule has 1 N–H and O–H groups in total. The zero-order valence-electron chi connectivity index (χ0n) is 7.19. The van der Waals surface area contributed by atoms with Crippen LogP contribution in [0.3, 0.4) is 0 Å². The molecule has 2 atom stereocenters. The van der Waals surface area contributed by atoms with E-state index in [4.69, 9.17) is 0 Å². The largest absolute Gasteiger partial charge is 0.314 e. The molecule has 0 heterocycles. The second-order valence-corrected chi connectivity index (χ2v) is 3.43. The Hall–Kier alpha value is -0.0400. The summed E-state index contributed by atoms with van der Waals surface area (Å²) in [6.45, 7) is 5.70. The van der Waals surface area contributed by atoms with Gasteiger partial charge in [-0.05, 0) is 25.3 Å². The van der Waals surface area contributed by atoms with E-state index >= 15 is 0 Å². The average molecular weight is 141 g/mol. The first kappa shape index (κ1) is 8.06. The maximum Gasteiger partial charge on any atom is 0.00925 e. The summed E-state index contributed by atoms with van der Waals surface area (Å²) in [5.74, 6) is 0.911. The van der Waals surface area contributed by atoms with Gasteiger partial charge in [0.15, 0.2) is 0 Å². The van der Waals surface area contributed by atoms with Gasteiger partial charge >= 0.3 is 0 Å². The molecule has 0 bridgehead atoms. The first-order valence-corrected chi connectivity index (χ1v) is 4.58. The fraction of sp³-hybridized carbons (Fsp3) is 1.00. The van der Waals surface area contributed by atoms with Gasteiger partial charge in [0.05, 0.1) is 0 Å². The van der Waals surface area contributed by atoms with Gasteiger partial charge in [-0.25, -0.2) is 0 Å². The van der Waals surface area contributed by atoms with Gasteiger partial charge in [-0.1, -0.05) is 26.7 Å². The van der Waals surface area contributed by atoms with Crippen LogP contribution in [0.4, 0.5) is 0 Å². The molecule has 1 aliphatic rings. The molecule has 1 rings (SSSR count). The molecular formula is C9H19N. The normalized spacial score (nSPS) is 34.2. The molecular weight excluding hydrogens is 122 g/mol. The number of rotatable bonds is 2. The van der Waals surface area contributed by atoms with Crippen LogP contribution in [0.25, 0.3) is 0 Å². The lowest BCUT2D eigenvalue weighted by molar-refractivity contribution is 0.285. The van der Waals surface area contributed by atoms with E-state index in [1.165, 1.54) is 25.7 Å². The van der Waals surface area contributed by atoms with E-state index in [1.807, 2.05) is 0 Å². The maximum absolute atomic E-state index is 3.53. The van der Waals surface area contributed by atoms with E-state index in [9.17, 15) is 0 Å². The van der Waals surface area contributed by atoms with Gasteiger partial charge in [0, 0.05) is 6.04 Å². The Labute approximate surface area is 64.2 Å². The molecule has 1 fully saturated rings. The fourth-order valence-corrected chi connectivity index (χ4v) is 1.88. The highest BCUT2D eigenvalue weighted by Gasteiger charge is 2.19. The third-order valence-electron chi connectivity index (χ3n) is 2.58. The zero-order valence-corrected chi connectivity index (χ0v) is 7.19. The third-order valence-corrected chi connectivity index (χ3v) is 2.58. The van der Waals surface area contributed by atoms with Gasteiger partial charge < -0.3 is 5.32 Å². The fourth-order valence-electron chi connectivity index (χ4n) is 1.88. The molecule has 1 saturated carbocycles. The second-order valence-electron chi connectivity index (χ2n) is 3.43. The molecule has 0 amide bonds. The summed E-state index contributed by atoms with van der Waals surface area (Å²) < 4.78 is 0. The first-order chi connectivity index (χ1) is 4.84. The first-order valence-electron chi connectivity index (χ1n) is 4.58. The smallest absolute Gasteiger partial charge is 0.00925 e. The Morgan fingerprint density at radius 1 is 1.30 bits per heavy atom. The van der Waals surface area contributed by atoms with E-state index in [0.717, 1.165) is 18.5 Å². The second kappa shape index (κ2) is 3.97. The highest BCUT2D eigenvalue weighted by molar-refractivity contribution is 4.77. The molecule has 10 heavy (non-hydrogen) atoms. The number of hydrogen-bond acceptors (Lipinski definition) is 1. The van der Waals surface area contributed by atoms with Crippen LogP contribution in [0.2, 0.25) is 0 Å². The van der Waals surface area contributed by atoms with Crippen LogP contribution < -0.4 is 5.32 Å². The van der Waals surface area contributed by atoms with Gasteiger partial charge in [0.1, 0.15) is 0 Å². The summed E-state index contributed by atoms with van der Waals surface area (Å²) in [6.07, 6.45) is 5.71. The Morgan fingerprint density at radius 3 is 2.60 bits per heavy atom. The molecule has 0 aromatic heterocycles. The molecule has 1 aliphatic carbocycles. The summed E-state index contributed by atoms with van der Waals surface area (Å²) in [6, 6.07) is 0.818. The standard InChI is InChI=1S/C9H19N/c1-3-10-9-7-5-4-6-8(9)2/h8-10H,3-7H2,1-2H3/t8?,9-/m1/s1. The van der Waals surface area contributed by atoms with Crippen molar-refractivity contribution < 1.29 is 0 Å². The molecule has 0 radical (unpaired) electrons. The molecule has 1 nitrogen and oxygen atoms in total. The van der Waals surface area contributed by atoms with Crippen molar-refractivity contribution >= 4 is 0 Å². The van der Waals surface area contributed by atoms with Crippen molar-refractivity contribution in [2.24, 2.45) is 5.92 Å². The van der Waals surface area contributed by atoms with Gasteiger partial charge in [-0.2, -0.15) is 0 Å². The predicted molar refractivity (Wildman–Crippen MR) is 45.1 cm³/mol. The van der Waals surface area contributed by atoms with Crippen molar-refractivity contribution in [1.82, 2.24) is 5.32 Å². The Bertz CT molecular complexity index is 88.7. The number of hydrogen-bond donors (Lipinski definition) is 1. The van der Waals surface area contributed by atoms with E-state index in [0.29, 0.717) is 0 Å². The van der Waals surface area contributed by atoms with Crippen LogP contribution in [-0.4, -0.2) is 12.6 Å². The topological polar surface area (TPSA) is 12.0 Å². The summed E-state index contributed by atoms with van der Waals surface area (Å²) in [5.41, 5.74) is 0. The van der Waals surface area contributed by atoms with Gasteiger partial charge in [-0.15, -0.1) is 0 Å². The van der Waals surface area contributed by atoms with Crippen LogP contribution in [0.5, 0.6) is 0 Å². The highest BCUT2D eigenvalue weighted by atomic mass is 14.9. The van der Waals surface area contributed by atoms with Crippen LogP contribution >= 0.6 is 0 Å². The molecule has 0 saturated heterocycles. The van der Waals surface area contributed by atoms with Gasteiger partial charge in [0.25, 0.3) is 0 Å². The van der Waals surface area contributed by atoms with Crippen molar-refractivity contribution in [2.45, 2.75) is 45.6 Å². The number of nitrogens with one attached hydrogen (secondary N) is 1. The minimum Gasteiger partial charge on any atom is -0.314 e. The van der Waals surface area contributed by atoms with Crippen molar-refractivity contribution in [3.05, 3.63) is 0 Å². The lowest BCUT2D eigenvalue weighted by atomic mass is 9.86. The van der Waals surface area contributed by atoms with E-state index < -0.39 is 0 Å². The SMILES string of the molecule is CCN[C@@H]1CCCCC1C. The van der Waals surface area contributed by atoms with Crippen molar-refractivity contribution in [3.63, 3.8) is 0 Å². The monoisotopic (exact) mass is 141 g/mol.